The highest BCUT2D eigenvalue weighted by Gasteiger charge is 2.24. The molecule has 1 aliphatic rings. The topological polar surface area (TPSA) is 49.3 Å². The monoisotopic (exact) mass is 615 g/mol. The number of phenolic OH excluding ortho intramolecular Hbond substituents is 1. The van der Waals surface area contributed by atoms with E-state index in [0.29, 0.717) is 5.57 Å². The van der Waals surface area contributed by atoms with E-state index in [4.69, 9.17) is 0 Å². The van der Waals surface area contributed by atoms with Crippen LogP contribution in [0.25, 0.3) is 11.6 Å². The Labute approximate surface area is 162 Å². The largest absolute Gasteiger partial charge is 0.506 e. The van der Waals surface area contributed by atoms with Gasteiger partial charge in [-0.1, -0.05) is 0 Å². The zero-order chi connectivity index (χ0) is 15.1. The predicted molar refractivity (Wildman–Crippen MR) is 109 cm³/mol. The Morgan fingerprint density at radius 2 is 1.71 bits per heavy atom. The number of fused-ring (bicyclic) bond motifs is 1. The van der Waals surface area contributed by atoms with Crippen molar-refractivity contribution >= 4 is 91.0 Å². The molecule has 0 radical (unpaired) electrons. The van der Waals surface area contributed by atoms with Gasteiger partial charge >= 0.3 is 0 Å². The first kappa shape index (κ1) is 15.5. The lowest BCUT2D eigenvalue weighted by molar-refractivity contribution is -0.110. The lowest BCUT2D eigenvalue weighted by Crippen LogP contribution is -2.03. The maximum Gasteiger partial charge on any atom is 0.256 e. The SMILES string of the molecule is O=C1Nc2ccc(I)cc2/C1=C\c1cc(I)c(O)c(I)c1. The molecule has 0 spiro atoms. The van der Waals surface area contributed by atoms with E-state index in [-0.39, 0.29) is 11.7 Å². The van der Waals surface area contributed by atoms with Gasteiger partial charge in [-0.15, -0.1) is 0 Å². The Hall–Kier alpha value is -0.360. The van der Waals surface area contributed by atoms with Gasteiger partial charge in [0.15, 0.2) is 0 Å². The summed E-state index contributed by atoms with van der Waals surface area (Å²) in [5.41, 5.74) is 3.32. The third-order valence-corrected chi connectivity index (χ3v) is 5.43. The minimum Gasteiger partial charge on any atom is -0.506 e. The summed E-state index contributed by atoms with van der Waals surface area (Å²) in [7, 11) is 0. The fourth-order valence-corrected chi connectivity index (χ4v) is 4.45. The summed E-state index contributed by atoms with van der Waals surface area (Å²) in [5.74, 6) is 0.189. The van der Waals surface area contributed by atoms with Crippen LogP contribution < -0.4 is 5.32 Å². The number of halogens is 3. The Morgan fingerprint density at radius 1 is 1.05 bits per heavy atom. The van der Waals surface area contributed by atoms with E-state index in [9.17, 15) is 9.90 Å². The summed E-state index contributed by atoms with van der Waals surface area (Å²) in [4.78, 5) is 12.1. The van der Waals surface area contributed by atoms with Crippen LogP contribution in [0.1, 0.15) is 11.1 Å². The number of amides is 1. The van der Waals surface area contributed by atoms with Crippen LogP contribution in [0, 0.1) is 10.7 Å². The number of benzene rings is 2. The summed E-state index contributed by atoms with van der Waals surface area (Å²) >= 11 is 6.41. The molecule has 1 aliphatic heterocycles. The van der Waals surface area contributed by atoms with Crippen molar-refractivity contribution < 1.29 is 9.90 Å². The van der Waals surface area contributed by atoms with Gasteiger partial charge in [-0.25, -0.2) is 0 Å². The van der Waals surface area contributed by atoms with E-state index in [2.05, 4.69) is 73.1 Å². The fraction of sp³-hybridized carbons (Fsp3) is 0. The zero-order valence-corrected chi connectivity index (χ0v) is 16.9. The zero-order valence-electron chi connectivity index (χ0n) is 10.5. The smallest absolute Gasteiger partial charge is 0.256 e. The molecule has 0 unspecified atom stereocenters. The molecule has 2 N–H and O–H groups in total. The van der Waals surface area contributed by atoms with Crippen LogP contribution in [-0.2, 0) is 4.79 Å². The molecule has 106 valence electrons. The molecule has 3 nitrogen and oxygen atoms in total. The minimum atomic E-state index is -0.0925. The second-order valence-electron chi connectivity index (χ2n) is 4.54. The van der Waals surface area contributed by atoms with Crippen molar-refractivity contribution in [3.05, 3.63) is 52.2 Å². The van der Waals surface area contributed by atoms with Crippen molar-refractivity contribution in [2.24, 2.45) is 0 Å². The molecule has 0 atom stereocenters. The van der Waals surface area contributed by atoms with Gasteiger partial charge in [-0.05, 0) is 110 Å². The maximum absolute atomic E-state index is 12.1. The lowest BCUT2D eigenvalue weighted by atomic mass is 10.0. The minimum absolute atomic E-state index is 0.0925. The standard InChI is InChI=1S/C15H8I3NO2/c16-8-1-2-13-9(6-8)10(15(21)19-13)3-7-4-11(17)14(20)12(18)5-7/h1-6,20H,(H,19,21)/b10-3+. The molecule has 3 rings (SSSR count). The molecule has 21 heavy (non-hydrogen) atoms. The highest BCUT2D eigenvalue weighted by atomic mass is 127. The van der Waals surface area contributed by atoms with E-state index in [1.165, 1.54) is 0 Å². The van der Waals surface area contributed by atoms with E-state index >= 15 is 0 Å². The highest BCUT2D eigenvalue weighted by molar-refractivity contribution is 14.1. The second-order valence-corrected chi connectivity index (χ2v) is 8.11. The van der Waals surface area contributed by atoms with E-state index in [1.807, 2.05) is 36.4 Å². The second kappa shape index (κ2) is 6.03. The normalized spacial score (nSPS) is 15.2. The van der Waals surface area contributed by atoms with Crippen LogP contribution in [0.2, 0.25) is 0 Å². The van der Waals surface area contributed by atoms with Gasteiger partial charge in [-0.2, -0.15) is 0 Å². The molecule has 0 saturated heterocycles. The van der Waals surface area contributed by atoms with Crippen LogP contribution in [0.3, 0.4) is 0 Å². The number of rotatable bonds is 1. The van der Waals surface area contributed by atoms with Crippen molar-refractivity contribution in [2.75, 3.05) is 5.32 Å². The number of anilines is 1. The van der Waals surface area contributed by atoms with Crippen molar-refractivity contribution in [1.29, 1.82) is 0 Å². The van der Waals surface area contributed by atoms with Gasteiger partial charge in [0.25, 0.3) is 5.91 Å². The number of hydrogen-bond donors (Lipinski definition) is 2. The molecule has 0 bridgehead atoms. The van der Waals surface area contributed by atoms with Crippen LogP contribution in [-0.4, -0.2) is 11.0 Å². The predicted octanol–water partition coefficient (Wildman–Crippen LogP) is 4.70. The maximum atomic E-state index is 12.1. The van der Waals surface area contributed by atoms with Crippen molar-refractivity contribution in [1.82, 2.24) is 0 Å². The van der Waals surface area contributed by atoms with Crippen molar-refractivity contribution in [2.45, 2.75) is 0 Å². The molecule has 0 aromatic heterocycles. The first-order valence-corrected chi connectivity index (χ1v) is 9.20. The van der Waals surface area contributed by atoms with E-state index in [0.717, 1.165) is 27.5 Å². The number of nitrogens with one attached hydrogen (secondary N) is 1. The van der Waals surface area contributed by atoms with Gasteiger partial charge in [0, 0.05) is 20.4 Å². The van der Waals surface area contributed by atoms with Crippen LogP contribution in [0.5, 0.6) is 5.75 Å². The van der Waals surface area contributed by atoms with E-state index < -0.39 is 0 Å². The van der Waals surface area contributed by atoms with Crippen molar-refractivity contribution in [3.8, 4) is 5.75 Å². The molecular weight excluding hydrogens is 607 g/mol. The van der Waals surface area contributed by atoms with Crippen LogP contribution in [0.4, 0.5) is 5.69 Å². The molecule has 2 aromatic carbocycles. The third kappa shape index (κ3) is 3.07. The summed E-state index contributed by atoms with van der Waals surface area (Å²) in [6.45, 7) is 0. The average molecular weight is 615 g/mol. The van der Waals surface area contributed by atoms with Gasteiger partial charge in [0.05, 0.1) is 7.14 Å². The number of carbonyl (C=O) groups excluding carboxylic acids is 1. The molecule has 0 fully saturated rings. The third-order valence-electron chi connectivity index (χ3n) is 3.11. The van der Waals surface area contributed by atoms with Gasteiger partial charge in [0.2, 0.25) is 0 Å². The number of aromatic hydroxyl groups is 1. The Bertz CT molecular complexity index is 776. The molecule has 1 heterocycles. The molecule has 1 amide bonds. The molecule has 2 aromatic rings. The van der Waals surface area contributed by atoms with Gasteiger partial charge < -0.3 is 10.4 Å². The summed E-state index contributed by atoms with van der Waals surface area (Å²) < 4.78 is 2.63. The number of carbonyl (C=O) groups is 1. The van der Waals surface area contributed by atoms with E-state index in [1.54, 1.807) is 0 Å². The number of hydrogen-bond acceptors (Lipinski definition) is 2. The Kier molecular flexibility index (Phi) is 4.46. The van der Waals surface area contributed by atoms with Gasteiger partial charge in [-0.3, -0.25) is 4.79 Å². The van der Waals surface area contributed by atoms with Crippen molar-refractivity contribution in [3.63, 3.8) is 0 Å². The summed E-state index contributed by atoms with van der Waals surface area (Å²) in [6.07, 6.45) is 1.86. The fourth-order valence-electron chi connectivity index (χ4n) is 2.14. The Balaban J connectivity index is 2.13. The number of phenols is 1. The summed E-state index contributed by atoms with van der Waals surface area (Å²) in [5, 5.41) is 12.7. The van der Waals surface area contributed by atoms with Gasteiger partial charge in [0.1, 0.15) is 5.75 Å². The summed E-state index contributed by atoms with van der Waals surface area (Å²) in [6, 6.07) is 9.61. The van der Waals surface area contributed by atoms with Crippen LogP contribution in [0.15, 0.2) is 30.3 Å². The first-order chi connectivity index (χ1) is 9.95. The molecule has 6 heteroatoms. The molecule has 0 saturated carbocycles. The molecule has 0 aliphatic carbocycles. The molecular formula is C15H8I3NO2. The van der Waals surface area contributed by atoms with Crippen LogP contribution >= 0.6 is 67.8 Å². The Morgan fingerprint density at radius 3 is 2.38 bits per heavy atom. The highest BCUT2D eigenvalue weighted by Crippen LogP contribution is 2.35. The first-order valence-electron chi connectivity index (χ1n) is 5.96. The lowest BCUT2D eigenvalue weighted by Gasteiger charge is -2.04. The average Bonchev–Trinajstić information content (AvgIpc) is 2.72. The quantitative estimate of drug-likeness (QED) is 0.362.